The molecular formula is C15H23ClN2. The molecule has 0 aliphatic heterocycles. The Morgan fingerprint density at radius 3 is 2.89 bits per heavy atom. The number of rotatable bonds is 6. The minimum atomic E-state index is 0.554. The van der Waals surface area contributed by atoms with E-state index in [9.17, 15) is 0 Å². The van der Waals surface area contributed by atoms with Crippen molar-refractivity contribution in [1.29, 1.82) is 0 Å². The van der Waals surface area contributed by atoms with Crippen LogP contribution in [0.3, 0.4) is 0 Å². The van der Waals surface area contributed by atoms with Crippen LogP contribution >= 0.6 is 11.6 Å². The van der Waals surface area contributed by atoms with E-state index in [0.29, 0.717) is 6.04 Å². The summed E-state index contributed by atoms with van der Waals surface area (Å²) in [4.78, 5) is 4.05. The number of hydrogen-bond acceptors (Lipinski definition) is 2. The van der Waals surface area contributed by atoms with Crippen LogP contribution in [0.4, 0.5) is 0 Å². The molecule has 1 N–H and O–H groups in total. The molecule has 100 valence electrons. The molecule has 2 nitrogen and oxygen atoms in total. The molecule has 0 amide bonds. The van der Waals surface area contributed by atoms with Crippen LogP contribution in [-0.4, -0.2) is 17.6 Å². The fraction of sp³-hybridized carbons (Fsp3) is 0.667. The van der Waals surface area contributed by atoms with Crippen LogP contribution in [0.2, 0.25) is 5.02 Å². The molecule has 0 saturated heterocycles. The van der Waals surface area contributed by atoms with Gasteiger partial charge in [-0.2, -0.15) is 0 Å². The highest BCUT2D eigenvalue weighted by Gasteiger charge is 2.20. The molecular weight excluding hydrogens is 244 g/mol. The maximum absolute atomic E-state index is 6.19. The summed E-state index contributed by atoms with van der Waals surface area (Å²) in [5.74, 6) is 0.912. The van der Waals surface area contributed by atoms with E-state index in [0.717, 1.165) is 23.9 Å². The zero-order valence-electron chi connectivity index (χ0n) is 11.2. The Labute approximate surface area is 115 Å². The zero-order valence-corrected chi connectivity index (χ0v) is 11.9. The van der Waals surface area contributed by atoms with Gasteiger partial charge in [-0.3, -0.25) is 4.98 Å². The summed E-state index contributed by atoms with van der Waals surface area (Å²) in [5, 5.41) is 4.40. The SMILES string of the molecule is CCNC(Cc1ccncc1Cl)CC1CCCC1. The largest absolute Gasteiger partial charge is 0.314 e. The summed E-state index contributed by atoms with van der Waals surface area (Å²) < 4.78 is 0. The first kappa shape index (κ1) is 13.8. The number of nitrogens with zero attached hydrogens (tertiary/aromatic N) is 1. The molecule has 18 heavy (non-hydrogen) atoms. The monoisotopic (exact) mass is 266 g/mol. The van der Waals surface area contributed by atoms with Gasteiger partial charge in [-0.15, -0.1) is 0 Å². The number of pyridine rings is 1. The summed E-state index contributed by atoms with van der Waals surface area (Å²) >= 11 is 6.19. The third-order valence-electron chi connectivity index (χ3n) is 3.91. The van der Waals surface area contributed by atoms with Crippen molar-refractivity contribution in [2.24, 2.45) is 5.92 Å². The third-order valence-corrected chi connectivity index (χ3v) is 4.25. The Balaban J connectivity index is 1.94. The minimum Gasteiger partial charge on any atom is -0.314 e. The van der Waals surface area contributed by atoms with Gasteiger partial charge in [-0.25, -0.2) is 0 Å². The van der Waals surface area contributed by atoms with Crippen molar-refractivity contribution < 1.29 is 0 Å². The molecule has 1 atom stereocenters. The van der Waals surface area contributed by atoms with E-state index in [1.165, 1.54) is 37.7 Å². The smallest absolute Gasteiger partial charge is 0.0621 e. The molecule has 1 aliphatic rings. The summed E-state index contributed by atoms with van der Waals surface area (Å²) in [5.41, 5.74) is 1.22. The molecule has 1 aromatic heterocycles. The van der Waals surface area contributed by atoms with Crippen molar-refractivity contribution >= 4 is 11.6 Å². The van der Waals surface area contributed by atoms with Crippen LogP contribution in [0.5, 0.6) is 0 Å². The number of likely N-dealkylation sites (N-methyl/N-ethyl adjacent to an activating group) is 1. The second-order valence-corrected chi connectivity index (χ2v) is 5.72. The van der Waals surface area contributed by atoms with Gasteiger partial charge >= 0.3 is 0 Å². The van der Waals surface area contributed by atoms with Crippen LogP contribution in [0, 0.1) is 5.92 Å². The first-order chi connectivity index (χ1) is 8.79. The van der Waals surface area contributed by atoms with E-state index in [1.807, 2.05) is 12.3 Å². The van der Waals surface area contributed by atoms with Gasteiger partial charge in [0, 0.05) is 18.4 Å². The normalized spacial score (nSPS) is 18.1. The quantitative estimate of drug-likeness (QED) is 0.846. The summed E-state index contributed by atoms with van der Waals surface area (Å²) in [6.07, 6.45) is 11.5. The Bertz CT molecular complexity index is 361. The number of aromatic nitrogens is 1. The van der Waals surface area contributed by atoms with Crippen molar-refractivity contribution in [3.63, 3.8) is 0 Å². The lowest BCUT2D eigenvalue weighted by atomic mass is 9.94. The predicted octanol–water partition coefficient (Wildman–Crippen LogP) is 3.84. The van der Waals surface area contributed by atoms with Gasteiger partial charge in [-0.05, 0) is 36.9 Å². The Morgan fingerprint density at radius 1 is 1.44 bits per heavy atom. The molecule has 0 bridgehead atoms. The van der Waals surface area contributed by atoms with Crippen molar-refractivity contribution in [2.45, 2.75) is 51.5 Å². The molecule has 0 radical (unpaired) electrons. The minimum absolute atomic E-state index is 0.554. The maximum Gasteiger partial charge on any atom is 0.0621 e. The lowest BCUT2D eigenvalue weighted by Crippen LogP contribution is -2.32. The van der Waals surface area contributed by atoms with Crippen molar-refractivity contribution in [3.05, 3.63) is 29.0 Å². The van der Waals surface area contributed by atoms with E-state index in [1.54, 1.807) is 6.20 Å². The molecule has 2 rings (SSSR count). The van der Waals surface area contributed by atoms with E-state index in [-0.39, 0.29) is 0 Å². The molecule has 1 heterocycles. The zero-order chi connectivity index (χ0) is 12.8. The van der Waals surface area contributed by atoms with Gasteiger partial charge in [0.25, 0.3) is 0 Å². The average Bonchev–Trinajstić information content (AvgIpc) is 2.85. The topological polar surface area (TPSA) is 24.9 Å². The second-order valence-electron chi connectivity index (χ2n) is 5.31. The average molecular weight is 267 g/mol. The van der Waals surface area contributed by atoms with Gasteiger partial charge in [0.15, 0.2) is 0 Å². The number of halogens is 1. The Kier molecular flexibility index (Phi) is 5.45. The molecule has 1 aromatic rings. The van der Waals surface area contributed by atoms with Crippen LogP contribution < -0.4 is 5.32 Å². The van der Waals surface area contributed by atoms with E-state index in [2.05, 4.69) is 17.2 Å². The highest BCUT2D eigenvalue weighted by molar-refractivity contribution is 6.31. The van der Waals surface area contributed by atoms with Crippen molar-refractivity contribution in [1.82, 2.24) is 10.3 Å². The Morgan fingerprint density at radius 2 is 2.22 bits per heavy atom. The molecule has 0 spiro atoms. The molecule has 1 fully saturated rings. The fourth-order valence-corrected chi connectivity index (χ4v) is 3.21. The first-order valence-corrected chi connectivity index (χ1v) is 7.49. The van der Waals surface area contributed by atoms with Gasteiger partial charge in [-0.1, -0.05) is 44.2 Å². The van der Waals surface area contributed by atoms with Gasteiger partial charge in [0.2, 0.25) is 0 Å². The van der Waals surface area contributed by atoms with Crippen molar-refractivity contribution in [3.8, 4) is 0 Å². The van der Waals surface area contributed by atoms with Crippen molar-refractivity contribution in [2.75, 3.05) is 6.54 Å². The standard InChI is InChI=1S/C15H23ClN2/c1-2-18-14(9-12-5-3-4-6-12)10-13-7-8-17-11-15(13)16/h7-8,11-12,14,18H,2-6,9-10H2,1H3. The lowest BCUT2D eigenvalue weighted by molar-refractivity contribution is 0.390. The molecule has 1 aliphatic carbocycles. The third kappa shape index (κ3) is 3.96. The van der Waals surface area contributed by atoms with Gasteiger partial charge in [0.05, 0.1) is 5.02 Å². The van der Waals surface area contributed by atoms with E-state index in [4.69, 9.17) is 11.6 Å². The molecule has 3 heteroatoms. The highest BCUT2D eigenvalue weighted by atomic mass is 35.5. The van der Waals surface area contributed by atoms with Crippen LogP contribution in [0.25, 0.3) is 0 Å². The Hall–Kier alpha value is -0.600. The molecule has 0 aromatic carbocycles. The highest BCUT2D eigenvalue weighted by Crippen LogP contribution is 2.29. The van der Waals surface area contributed by atoms with E-state index >= 15 is 0 Å². The summed E-state index contributed by atoms with van der Waals surface area (Å²) in [6.45, 7) is 3.20. The van der Waals surface area contributed by atoms with Gasteiger partial charge in [0.1, 0.15) is 0 Å². The predicted molar refractivity (Wildman–Crippen MR) is 77.0 cm³/mol. The van der Waals surface area contributed by atoms with Crippen LogP contribution in [-0.2, 0) is 6.42 Å². The fourth-order valence-electron chi connectivity index (χ4n) is 3.01. The van der Waals surface area contributed by atoms with Crippen LogP contribution in [0.1, 0.15) is 44.6 Å². The number of hydrogen-bond donors (Lipinski definition) is 1. The van der Waals surface area contributed by atoms with Crippen LogP contribution in [0.15, 0.2) is 18.5 Å². The summed E-state index contributed by atoms with van der Waals surface area (Å²) in [6, 6.07) is 2.60. The molecule has 1 saturated carbocycles. The van der Waals surface area contributed by atoms with Gasteiger partial charge < -0.3 is 5.32 Å². The maximum atomic E-state index is 6.19. The molecule has 1 unspecified atom stereocenters. The first-order valence-electron chi connectivity index (χ1n) is 7.11. The number of nitrogens with one attached hydrogen (secondary N) is 1. The second kappa shape index (κ2) is 7.10. The lowest BCUT2D eigenvalue weighted by Gasteiger charge is -2.22. The van der Waals surface area contributed by atoms with E-state index < -0.39 is 0 Å². The summed E-state index contributed by atoms with van der Waals surface area (Å²) in [7, 11) is 0.